The highest BCUT2D eigenvalue weighted by Gasteiger charge is 2.02. The molecule has 0 aliphatic rings. The van der Waals surface area contributed by atoms with Crippen molar-refractivity contribution in [1.29, 1.82) is 0 Å². The lowest BCUT2D eigenvalue weighted by Crippen LogP contribution is -2.19. The molecule has 21 heavy (non-hydrogen) atoms. The molecule has 1 heterocycles. The van der Waals surface area contributed by atoms with Gasteiger partial charge in [-0.25, -0.2) is 4.98 Å². The van der Waals surface area contributed by atoms with Crippen LogP contribution in [0.4, 0.5) is 0 Å². The van der Waals surface area contributed by atoms with Crippen LogP contribution in [0.5, 0.6) is 11.6 Å². The zero-order valence-electron chi connectivity index (χ0n) is 13.0. The minimum Gasteiger partial charge on any atom is -0.437 e. The van der Waals surface area contributed by atoms with Gasteiger partial charge in [0, 0.05) is 12.7 Å². The second-order valence-electron chi connectivity index (χ2n) is 5.47. The molecule has 0 radical (unpaired) electrons. The van der Waals surface area contributed by atoms with Crippen LogP contribution in [0.15, 0.2) is 36.7 Å². The van der Waals surface area contributed by atoms with Gasteiger partial charge in [0.1, 0.15) is 5.75 Å². The summed E-state index contributed by atoms with van der Waals surface area (Å²) in [5, 5.41) is 3.35. The van der Waals surface area contributed by atoms with Gasteiger partial charge in [-0.1, -0.05) is 32.9 Å². The highest BCUT2D eigenvalue weighted by Crippen LogP contribution is 2.19. The third kappa shape index (κ3) is 5.16. The molecule has 1 aromatic carbocycles. The molecule has 0 saturated carbocycles. The zero-order valence-corrected chi connectivity index (χ0v) is 13.0. The normalized spacial score (nSPS) is 10.9. The van der Waals surface area contributed by atoms with Crippen molar-refractivity contribution in [3.63, 3.8) is 0 Å². The topological polar surface area (TPSA) is 47.0 Å². The summed E-state index contributed by atoms with van der Waals surface area (Å²) in [6.45, 7) is 8.16. The van der Waals surface area contributed by atoms with Gasteiger partial charge in [-0.15, -0.1) is 0 Å². The Morgan fingerprint density at radius 1 is 1.14 bits per heavy atom. The summed E-state index contributed by atoms with van der Waals surface area (Å²) < 4.78 is 5.74. The molecule has 0 aliphatic carbocycles. The molecule has 1 aromatic heterocycles. The first-order valence-electron chi connectivity index (χ1n) is 7.45. The molecule has 4 heteroatoms. The lowest BCUT2D eigenvalue weighted by Gasteiger charge is -2.08. The first-order chi connectivity index (χ1) is 10.2. The maximum absolute atomic E-state index is 5.74. The Labute approximate surface area is 126 Å². The van der Waals surface area contributed by atoms with Gasteiger partial charge in [-0.2, -0.15) is 0 Å². The fourth-order valence-electron chi connectivity index (χ4n) is 1.92. The number of nitrogens with one attached hydrogen (secondary N) is 1. The first kappa shape index (κ1) is 15.4. The van der Waals surface area contributed by atoms with Gasteiger partial charge in [0.15, 0.2) is 0 Å². The number of ether oxygens (including phenoxy) is 1. The lowest BCUT2D eigenvalue weighted by atomic mass is 10.2. The quantitative estimate of drug-likeness (QED) is 0.844. The summed E-state index contributed by atoms with van der Waals surface area (Å²) >= 11 is 0. The fourth-order valence-corrected chi connectivity index (χ4v) is 1.92. The summed E-state index contributed by atoms with van der Waals surface area (Å²) in [7, 11) is 0. The van der Waals surface area contributed by atoms with E-state index in [4.69, 9.17) is 4.74 Å². The van der Waals surface area contributed by atoms with Gasteiger partial charge < -0.3 is 10.1 Å². The molecule has 0 fully saturated rings. The number of hydrogen-bond acceptors (Lipinski definition) is 4. The molecular weight excluding hydrogens is 262 g/mol. The Kier molecular flexibility index (Phi) is 5.69. The third-order valence-corrected chi connectivity index (χ3v) is 3.08. The Morgan fingerprint density at radius 3 is 2.57 bits per heavy atom. The maximum Gasteiger partial charge on any atom is 0.238 e. The average Bonchev–Trinajstić information content (AvgIpc) is 2.48. The van der Waals surface area contributed by atoms with Crippen molar-refractivity contribution >= 4 is 0 Å². The number of benzene rings is 1. The van der Waals surface area contributed by atoms with E-state index in [1.54, 1.807) is 12.4 Å². The number of aryl methyl sites for hydroxylation is 1. The van der Waals surface area contributed by atoms with Crippen molar-refractivity contribution in [3.8, 4) is 11.6 Å². The predicted octanol–water partition coefficient (Wildman–Crippen LogP) is 3.58. The van der Waals surface area contributed by atoms with Crippen LogP contribution in [0, 0.1) is 5.92 Å². The Hall–Kier alpha value is -1.94. The monoisotopic (exact) mass is 285 g/mol. The van der Waals surface area contributed by atoms with Crippen molar-refractivity contribution in [1.82, 2.24) is 15.3 Å². The van der Waals surface area contributed by atoms with Crippen LogP contribution in [0.3, 0.4) is 0 Å². The Morgan fingerprint density at radius 2 is 1.90 bits per heavy atom. The van der Waals surface area contributed by atoms with Crippen LogP contribution < -0.4 is 10.1 Å². The zero-order chi connectivity index (χ0) is 15.1. The standard InChI is InChI=1S/C17H23N3O/c1-4-14-5-7-16(8-6-14)21-17-12-19-11-15(20-17)10-18-9-13(2)3/h5-8,11-13,18H,4,9-10H2,1-3H3. The van der Waals surface area contributed by atoms with Crippen LogP contribution in [-0.4, -0.2) is 16.5 Å². The van der Waals surface area contributed by atoms with E-state index in [1.807, 2.05) is 12.1 Å². The van der Waals surface area contributed by atoms with Crippen LogP contribution in [0.1, 0.15) is 32.0 Å². The molecule has 0 spiro atoms. The molecule has 2 aromatic rings. The minimum absolute atomic E-state index is 0.531. The van der Waals surface area contributed by atoms with Gasteiger partial charge in [0.2, 0.25) is 5.88 Å². The number of hydrogen-bond donors (Lipinski definition) is 1. The number of rotatable bonds is 7. The molecule has 4 nitrogen and oxygen atoms in total. The highest BCUT2D eigenvalue weighted by molar-refractivity contribution is 5.30. The summed E-state index contributed by atoms with van der Waals surface area (Å²) in [6, 6.07) is 8.06. The van der Waals surface area contributed by atoms with Gasteiger partial charge in [0.05, 0.1) is 11.9 Å². The molecule has 1 N–H and O–H groups in total. The molecule has 0 amide bonds. The molecule has 0 saturated heterocycles. The Balaban J connectivity index is 1.96. The second-order valence-corrected chi connectivity index (χ2v) is 5.47. The van der Waals surface area contributed by atoms with Crippen molar-refractivity contribution in [2.24, 2.45) is 5.92 Å². The SMILES string of the molecule is CCc1ccc(Oc2cncc(CNCC(C)C)n2)cc1. The van der Waals surface area contributed by atoms with Crippen molar-refractivity contribution in [3.05, 3.63) is 47.9 Å². The summed E-state index contributed by atoms with van der Waals surface area (Å²) in [5.74, 6) is 1.94. The van der Waals surface area contributed by atoms with E-state index in [-0.39, 0.29) is 0 Å². The third-order valence-electron chi connectivity index (χ3n) is 3.08. The molecule has 0 aliphatic heterocycles. The van der Waals surface area contributed by atoms with Crippen molar-refractivity contribution < 1.29 is 4.74 Å². The Bertz CT molecular complexity index is 552. The summed E-state index contributed by atoms with van der Waals surface area (Å²) in [4.78, 5) is 8.65. The van der Waals surface area contributed by atoms with Crippen LogP contribution in [0.25, 0.3) is 0 Å². The molecule has 0 bridgehead atoms. The van der Waals surface area contributed by atoms with Gasteiger partial charge in [-0.3, -0.25) is 4.98 Å². The summed E-state index contributed by atoms with van der Waals surface area (Å²) in [6.07, 6.45) is 4.43. The fraction of sp³-hybridized carbons (Fsp3) is 0.412. The van der Waals surface area contributed by atoms with E-state index in [2.05, 4.69) is 48.2 Å². The average molecular weight is 285 g/mol. The first-order valence-corrected chi connectivity index (χ1v) is 7.45. The van der Waals surface area contributed by atoms with Crippen molar-refractivity contribution in [2.75, 3.05) is 6.54 Å². The molecular formula is C17H23N3O. The smallest absolute Gasteiger partial charge is 0.238 e. The predicted molar refractivity (Wildman–Crippen MR) is 84.5 cm³/mol. The van der Waals surface area contributed by atoms with E-state index < -0.39 is 0 Å². The highest BCUT2D eigenvalue weighted by atomic mass is 16.5. The van der Waals surface area contributed by atoms with Gasteiger partial charge in [-0.05, 0) is 36.6 Å². The van der Waals surface area contributed by atoms with Gasteiger partial charge in [0.25, 0.3) is 0 Å². The molecule has 0 unspecified atom stereocenters. The summed E-state index contributed by atoms with van der Waals surface area (Å²) in [5.41, 5.74) is 2.18. The number of nitrogens with zero attached hydrogens (tertiary/aromatic N) is 2. The number of aromatic nitrogens is 2. The second kappa shape index (κ2) is 7.74. The van der Waals surface area contributed by atoms with Crippen molar-refractivity contribution in [2.45, 2.75) is 33.7 Å². The van der Waals surface area contributed by atoms with E-state index in [1.165, 1.54) is 5.56 Å². The molecule has 2 rings (SSSR count). The largest absolute Gasteiger partial charge is 0.437 e. The van der Waals surface area contributed by atoms with E-state index in [9.17, 15) is 0 Å². The van der Waals surface area contributed by atoms with Crippen LogP contribution in [-0.2, 0) is 13.0 Å². The van der Waals surface area contributed by atoms with Gasteiger partial charge >= 0.3 is 0 Å². The maximum atomic E-state index is 5.74. The minimum atomic E-state index is 0.531. The van der Waals surface area contributed by atoms with Crippen LogP contribution in [0.2, 0.25) is 0 Å². The molecule has 112 valence electrons. The molecule has 0 atom stereocenters. The van der Waals surface area contributed by atoms with Crippen LogP contribution >= 0.6 is 0 Å². The van der Waals surface area contributed by atoms with E-state index >= 15 is 0 Å². The van der Waals surface area contributed by atoms with E-state index in [0.717, 1.165) is 24.4 Å². The lowest BCUT2D eigenvalue weighted by molar-refractivity contribution is 0.455. The van der Waals surface area contributed by atoms with E-state index in [0.29, 0.717) is 18.3 Å².